The smallest absolute Gasteiger partial charge is 0.123 e. The molecule has 2 rings (SSSR count). The van der Waals surface area contributed by atoms with E-state index in [1.807, 2.05) is 17.8 Å². The van der Waals surface area contributed by atoms with Crippen LogP contribution in [0.5, 0.6) is 0 Å². The largest absolute Gasteiger partial charge is 0.327 e. The number of benzene rings is 1. The normalized spacial score (nSPS) is 19.2. The first kappa shape index (κ1) is 12.9. The van der Waals surface area contributed by atoms with E-state index in [1.54, 1.807) is 12.1 Å². The van der Waals surface area contributed by atoms with E-state index in [9.17, 15) is 4.39 Å². The topological polar surface area (TPSA) is 26.0 Å². The Morgan fingerprint density at radius 3 is 2.82 bits per heavy atom. The molecule has 17 heavy (non-hydrogen) atoms. The Hall–Kier alpha value is -0.540. The van der Waals surface area contributed by atoms with Crippen LogP contribution in [-0.2, 0) is 6.42 Å². The molecule has 1 unspecified atom stereocenters. The van der Waals surface area contributed by atoms with E-state index in [-0.39, 0.29) is 11.9 Å². The van der Waals surface area contributed by atoms with Crippen molar-refractivity contribution in [1.82, 2.24) is 0 Å². The van der Waals surface area contributed by atoms with Crippen LogP contribution in [0.2, 0.25) is 0 Å². The van der Waals surface area contributed by atoms with Gasteiger partial charge in [-0.25, -0.2) is 4.39 Å². The van der Waals surface area contributed by atoms with Crippen LogP contribution in [0.1, 0.15) is 24.8 Å². The van der Waals surface area contributed by atoms with Crippen molar-refractivity contribution in [3.63, 3.8) is 0 Å². The lowest BCUT2D eigenvalue weighted by molar-refractivity contribution is 0.405. The van der Waals surface area contributed by atoms with Crippen LogP contribution in [0.15, 0.2) is 24.3 Å². The number of halogens is 1. The summed E-state index contributed by atoms with van der Waals surface area (Å²) < 4.78 is 13.0. The van der Waals surface area contributed by atoms with Gasteiger partial charge in [0.05, 0.1) is 0 Å². The molecule has 1 aromatic carbocycles. The molecule has 1 aliphatic heterocycles. The Labute approximate surface area is 107 Å². The Morgan fingerprint density at radius 1 is 1.35 bits per heavy atom. The minimum Gasteiger partial charge on any atom is -0.327 e. The predicted octanol–water partition coefficient (Wildman–Crippen LogP) is 3.23. The van der Waals surface area contributed by atoms with Gasteiger partial charge >= 0.3 is 0 Å². The zero-order valence-electron chi connectivity index (χ0n) is 10.1. The second kappa shape index (κ2) is 6.41. The summed E-state index contributed by atoms with van der Waals surface area (Å²) in [5.74, 6) is 3.16. The van der Waals surface area contributed by atoms with Crippen LogP contribution in [0, 0.1) is 11.7 Å². The second-order valence-corrected chi connectivity index (χ2v) is 6.11. The molecule has 0 radical (unpaired) electrons. The van der Waals surface area contributed by atoms with Crippen LogP contribution in [0.25, 0.3) is 0 Å². The lowest BCUT2D eigenvalue weighted by Gasteiger charge is -2.24. The van der Waals surface area contributed by atoms with Crippen molar-refractivity contribution >= 4 is 11.8 Å². The molecule has 0 saturated carbocycles. The molecule has 1 aliphatic rings. The highest BCUT2D eigenvalue weighted by molar-refractivity contribution is 7.99. The van der Waals surface area contributed by atoms with E-state index in [0.29, 0.717) is 0 Å². The van der Waals surface area contributed by atoms with Crippen molar-refractivity contribution in [1.29, 1.82) is 0 Å². The van der Waals surface area contributed by atoms with Gasteiger partial charge in [0.2, 0.25) is 0 Å². The third kappa shape index (κ3) is 4.32. The molecule has 2 N–H and O–H groups in total. The lowest BCUT2D eigenvalue weighted by Crippen LogP contribution is -2.27. The summed E-state index contributed by atoms with van der Waals surface area (Å²) in [6.07, 6.45) is 4.46. The van der Waals surface area contributed by atoms with Crippen LogP contribution >= 0.6 is 11.8 Å². The van der Waals surface area contributed by atoms with Gasteiger partial charge in [-0.15, -0.1) is 0 Å². The molecule has 1 fully saturated rings. The summed E-state index contributed by atoms with van der Waals surface area (Å²) >= 11 is 2.04. The van der Waals surface area contributed by atoms with Gasteiger partial charge < -0.3 is 5.73 Å². The average Bonchev–Trinajstić information content (AvgIpc) is 2.30. The van der Waals surface area contributed by atoms with E-state index in [0.717, 1.165) is 24.3 Å². The minimum absolute atomic E-state index is 0.163. The first-order chi connectivity index (χ1) is 8.24. The quantitative estimate of drug-likeness (QED) is 0.891. The van der Waals surface area contributed by atoms with Gasteiger partial charge in [-0.1, -0.05) is 12.1 Å². The molecule has 1 heterocycles. The molecular formula is C14H20FNS. The van der Waals surface area contributed by atoms with Crippen molar-refractivity contribution in [2.45, 2.75) is 31.7 Å². The fraction of sp³-hybridized carbons (Fsp3) is 0.571. The van der Waals surface area contributed by atoms with Gasteiger partial charge in [-0.05, 0) is 60.8 Å². The van der Waals surface area contributed by atoms with Crippen molar-refractivity contribution in [2.75, 3.05) is 11.5 Å². The molecule has 0 amide bonds. The van der Waals surface area contributed by atoms with Gasteiger partial charge in [-0.3, -0.25) is 0 Å². The first-order valence-electron chi connectivity index (χ1n) is 6.32. The monoisotopic (exact) mass is 253 g/mol. The standard InChI is InChI=1S/C14H20FNS/c15-13-3-1-2-12(8-13)10-14(16)9-11-4-6-17-7-5-11/h1-3,8,11,14H,4-7,9-10,16H2. The molecule has 1 nitrogen and oxygen atoms in total. The zero-order valence-corrected chi connectivity index (χ0v) is 10.9. The Bertz CT molecular complexity index is 350. The van der Waals surface area contributed by atoms with E-state index < -0.39 is 0 Å². The molecular weight excluding hydrogens is 233 g/mol. The molecule has 0 aliphatic carbocycles. The van der Waals surface area contributed by atoms with Gasteiger partial charge in [0, 0.05) is 6.04 Å². The fourth-order valence-corrected chi connectivity index (χ4v) is 3.66. The molecule has 1 atom stereocenters. The van der Waals surface area contributed by atoms with Crippen molar-refractivity contribution < 1.29 is 4.39 Å². The third-order valence-corrected chi connectivity index (χ3v) is 4.41. The molecule has 3 heteroatoms. The molecule has 94 valence electrons. The Morgan fingerprint density at radius 2 is 2.12 bits per heavy atom. The number of nitrogens with two attached hydrogens (primary N) is 1. The van der Waals surface area contributed by atoms with Crippen LogP contribution < -0.4 is 5.73 Å². The van der Waals surface area contributed by atoms with E-state index in [4.69, 9.17) is 5.73 Å². The van der Waals surface area contributed by atoms with Gasteiger partial charge in [0.25, 0.3) is 0 Å². The SMILES string of the molecule is NC(Cc1cccc(F)c1)CC1CCSCC1. The maximum Gasteiger partial charge on any atom is 0.123 e. The van der Waals surface area contributed by atoms with Crippen molar-refractivity contribution in [2.24, 2.45) is 11.7 Å². The Balaban J connectivity index is 1.82. The fourth-order valence-electron chi connectivity index (χ4n) is 2.46. The summed E-state index contributed by atoms with van der Waals surface area (Å²) in [5.41, 5.74) is 7.17. The lowest BCUT2D eigenvalue weighted by atomic mass is 9.91. The molecule has 0 spiro atoms. The van der Waals surface area contributed by atoms with Crippen LogP contribution in [0.4, 0.5) is 4.39 Å². The molecule has 0 bridgehead atoms. The maximum absolute atomic E-state index is 13.0. The summed E-state index contributed by atoms with van der Waals surface area (Å²) in [5, 5.41) is 0. The van der Waals surface area contributed by atoms with Gasteiger partial charge in [0.15, 0.2) is 0 Å². The molecule has 1 saturated heterocycles. The van der Waals surface area contributed by atoms with E-state index in [2.05, 4.69) is 0 Å². The van der Waals surface area contributed by atoms with E-state index >= 15 is 0 Å². The maximum atomic E-state index is 13.0. The van der Waals surface area contributed by atoms with Gasteiger partial charge in [0.1, 0.15) is 5.82 Å². The Kier molecular flexibility index (Phi) is 4.86. The number of thioether (sulfide) groups is 1. The number of hydrogen-bond donors (Lipinski definition) is 1. The average molecular weight is 253 g/mol. The summed E-state index contributed by atoms with van der Waals surface area (Å²) in [7, 11) is 0. The zero-order chi connectivity index (χ0) is 12.1. The van der Waals surface area contributed by atoms with E-state index in [1.165, 1.54) is 30.4 Å². The summed E-state index contributed by atoms with van der Waals surface area (Å²) in [4.78, 5) is 0. The first-order valence-corrected chi connectivity index (χ1v) is 7.47. The molecule has 0 aromatic heterocycles. The van der Waals surface area contributed by atoms with Crippen molar-refractivity contribution in [3.8, 4) is 0 Å². The van der Waals surface area contributed by atoms with Crippen LogP contribution in [-0.4, -0.2) is 17.5 Å². The third-order valence-electron chi connectivity index (χ3n) is 3.36. The highest BCUT2D eigenvalue weighted by Crippen LogP contribution is 2.26. The predicted molar refractivity (Wildman–Crippen MR) is 72.7 cm³/mol. The number of rotatable bonds is 4. The van der Waals surface area contributed by atoms with Crippen LogP contribution in [0.3, 0.4) is 0 Å². The number of hydrogen-bond acceptors (Lipinski definition) is 2. The highest BCUT2D eigenvalue weighted by Gasteiger charge is 2.17. The van der Waals surface area contributed by atoms with Gasteiger partial charge in [-0.2, -0.15) is 11.8 Å². The van der Waals surface area contributed by atoms with Crippen molar-refractivity contribution in [3.05, 3.63) is 35.6 Å². The summed E-state index contributed by atoms with van der Waals surface area (Å²) in [6.45, 7) is 0. The highest BCUT2D eigenvalue weighted by atomic mass is 32.2. The second-order valence-electron chi connectivity index (χ2n) is 4.89. The summed E-state index contributed by atoms with van der Waals surface area (Å²) in [6, 6.07) is 6.96. The molecule has 1 aromatic rings. The minimum atomic E-state index is -0.163.